The van der Waals surface area contributed by atoms with E-state index >= 15 is 0 Å². The molecule has 102 valence electrons. The summed E-state index contributed by atoms with van der Waals surface area (Å²) >= 11 is 1.93. The molecule has 0 spiro atoms. The molecule has 0 saturated carbocycles. The Kier molecular flexibility index (Phi) is 6.24. The van der Waals surface area contributed by atoms with E-state index in [0.717, 1.165) is 13.0 Å². The average molecular weight is 265 g/mol. The molecule has 0 amide bonds. The van der Waals surface area contributed by atoms with E-state index in [0.29, 0.717) is 6.04 Å². The van der Waals surface area contributed by atoms with E-state index in [1.165, 1.54) is 16.9 Å². The average Bonchev–Trinajstić information content (AvgIpc) is 2.30. The summed E-state index contributed by atoms with van der Waals surface area (Å²) in [6.07, 6.45) is 2.33. The first-order chi connectivity index (χ1) is 8.46. The van der Waals surface area contributed by atoms with Crippen molar-refractivity contribution in [2.75, 3.05) is 6.54 Å². The molecule has 0 aliphatic rings. The van der Waals surface area contributed by atoms with E-state index in [1.807, 2.05) is 11.8 Å². The Morgan fingerprint density at radius 1 is 1.11 bits per heavy atom. The summed E-state index contributed by atoms with van der Waals surface area (Å²) in [4.78, 5) is 1.36. The van der Waals surface area contributed by atoms with Crippen LogP contribution in [0.1, 0.15) is 59.1 Å². The Balaban J connectivity index is 2.68. The minimum Gasteiger partial charge on any atom is -0.310 e. The molecule has 1 rings (SSSR count). The van der Waals surface area contributed by atoms with Gasteiger partial charge in [0.15, 0.2) is 0 Å². The molecule has 1 nitrogen and oxygen atoms in total. The number of benzene rings is 1. The topological polar surface area (TPSA) is 12.0 Å². The van der Waals surface area contributed by atoms with E-state index < -0.39 is 0 Å². The molecule has 0 aliphatic carbocycles. The van der Waals surface area contributed by atoms with Crippen molar-refractivity contribution >= 4 is 11.8 Å². The predicted molar refractivity (Wildman–Crippen MR) is 83.4 cm³/mol. The fourth-order valence-corrected chi connectivity index (χ4v) is 2.92. The first-order valence-corrected chi connectivity index (χ1v) is 7.80. The molecule has 1 atom stereocenters. The maximum atomic E-state index is 3.60. The first-order valence-electron chi connectivity index (χ1n) is 6.98. The molecule has 0 saturated heterocycles. The van der Waals surface area contributed by atoms with Crippen LogP contribution in [-0.2, 0) is 0 Å². The number of nitrogens with one attached hydrogen (secondary N) is 1. The monoisotopic (exact) mass is 265 g/mol. The highest BCUT2D eigenvalue weighted by Gasteiger charge is 2.13. The molecule has 0 aliphatic heterocycles. The Morgan fingerprint density at radius 3 is 2.17 bits per heavy atom. The van der Waals surface area contributed by atoms with Crippen LogP contribution in [-0.4, -0.2) is 11.3 Å². The molecule has 18 heavy (non-hydrogen) atoms. The molecule has 1 aromatic rings. The molecular formula is C16H27NS. The minimum absolute atomic E-state index is 0.284. The third-order valence-electron chi connectivity index (χ3n) is 2.76. The SMILES string of the molecule is CCCNC(CC)c1ccc(SC(C)(C)C)cc1. The van der Waals surface area contributed by atoms with Crippen molar-refractivity contribution in [3.8, 4) is 0 Å². The fourth-order valence-electron chi connectivity index (χ4n) is 1.94. The highest BCUT2D eigenvalue weighted by molar-refractivity contribution is 8.00. The molecule has 1 aromatic carbocycles. The van der Waals surface area contributed by atoms with E-state index in [1.54, 1.807) is 0 Å². The zero-order valence-electron chi connectivity index (χ0n) is 12.4. The zero-order valence-corrected chi connectivity index (χ0v) is 13.2. The van der Waals surface area contributed by atoms with Gasteiger partial charge < -0.3 is 5.32 Å². The lowest BCUT2D eigenvalue weighted by molar-refractivity contribution is 0.518. The number of thioether (sulfide) groups is 1. The number of rotatable bonds is 6. The van der Waals surface area contributed by atoms with Gasteiger partial charge in [-0.15, -0.1) is 11.8 Å². The van der Waals surface area contributed by atoms with E-state index in [-0.39, 0.29) is 4.75 Å². The molecule has 1 unspecified atom stereocenters. The first kappa shape index (κ1) is 15.6. The molecule has 0 heterocycles. The van der Waals surface area contributed by atoms with Crippen molar-refractivity contribution in [1.29, 1.82) is 0 Å². The van der Waals surface area contributed by atoms with Gasteiger partial charge in [-0.05, 0) is 37.1 Å². The van der Waals surface area contributed by atoms with Crippen LogP contribution in [0, 0.1) is 0 Å². The van der Waals surface area contributed by atoms with Gasteiger partial charge in [0, 0.05) is 15.7 Å². The van der Waals surface area contributed by atoms with Crippen LogP contribution in [0.3, 0.4) is 0 Å². The smallest absolute Gasteiger partial charge is 0.0317 e. The van der Waals surface area contributed by atoms with Crippen LogP contribution < -0.4 is 5.32 Å². The lowest BCUT2D eigenvalue weighted by atomic mass is 10.0. The second kappa shape index (κ2) is 7.20. The summed E-state index contributed by atoms with van der Waals surface area (Å²) in [5.74, 6) is 0. The third kappa shape index (κ3) is 5.45. The van der Waals surface area contributed by atoms with Gasteiger partial charge in [0.2, 0.25) is 0 Å². The fraction of sp³-hybridized carbons (Fsp3) is 0.625. The van der Waals surface area contributed by atoms with Gasteiger partial charge in [-0.25, -0.2) is 0 Å². The highest BCUT2D eigenvalue weighted by atomic mass is 32.2. The number of hydrogen-bond acceptors (Lipinski definition) is 2. The summed E-state index contributed by atoms with van der Waals surface area (Å²) in [6.45, 7) is 12.3. The van der Waals surface area contributed by atoms with Gasteiger partial charge in [0.25, 0.3) is 0 Å². The van der Waals surface area contributed by atoms with Gasteiger partial charge >= 0.3 is 0 Å². The van der Waals surface area contributed by atoms with Gasteiger partial charge in [-0.1, -0.05) is 46.8 Å². The third-order valence-corrected chi connectivity index (χ3v) is 3.88. The van der Waals surface area contributed by atoms with Crippen LogP contribution in [0.15, 0.2) is 29.2 Å². The van der Waals surface area contributed by atoms with Crippen LogP contribution >= 0.6 is 11.8 Å². The zero-order chi connectivity index (χ0) is 13.6. The Hall–Kier alpha value is -0.470. The highest BCUT2D eigenvalue weighted by Crippen LogP contribution is 2.32. The largest absolute Gasteiger partial charge is 0.310 e. The Bertz CT molecular complexity index is 337. The van der Waals surface area contributed by atoms with Gasteiger partial charge in [-0.2, -0.15) is 0 Å². The van der Waals surface area contributed by atoms with Crippen LogP contribution in [0.4, 0.5) is 0 Å². The summed E-state index contributed by atoms with van der Waals surface area (Å²) in [5.41, 5.74) is 1.41. The van der Waals surface area contributed by atoms with E-state index in [4.69, 9.17) is 0 Å². The summed E-state index contributed by atoms with van der Waals surface area (Å²) in [5, 5.41) is 3.60. The summed E-state index contributed by atoms with van der Waals surface area (Å²) < 4.78 is 0.284. The Morgan fingerprint density at radius 2 is 1.72 bits per heavy atom. The molecule has 2 heteroatoms. The molecular weight excluding hydrogens is 238 g/mol. The second-order valence-corrected chi connectivity index (χ2v) is 7.60. The molecule has 0 aromatic heterocycles. The minimum atomic E-state index is 0.284. The quantitative estimate of drug-likeness (QED) is 0.724. The molecule has 0 fully saturated rings. The van der Waals surface area contributed by atoms with Crippen molar-refractivity contribution in [2.45, 2.75) is 63.1 Å². The van der Waals surface area contributed by atoms with Gasteiger partial charge in [0.05, 0.1) is 0 Å². The second-order valence-electron chi connectivity index (χ2n) is 5.70. The van der Waals surface area contributed by atoms with Crippen LogP contribution in [0.25, 0.3) is 0 Å². The normalized spacial score (nSPS) is 13.6. The standard InChI is InChI=1S/C16H27NS/c1-6-12-17-15(7-2)13-8-10-14(11-9-13)18-16(3,4)5/h8-11,15,17H,6-7,12H2,1-5H3. The van der Waals surface area contributed by atoms with Crippen molar-refractivity contribution in [3.05, 3.63) is 29.8 Å². The van der Waals surface area contributed by atoms with E-state index in [2.05, 4.69) is 64.2 Å². The molecule has 0 radical (unpaired) electrons. The molecule has 0 bridgehead atoms. The van der Waals surface area contributed by atoms with Crippen molar-refractivity contribution in [1.82, 2.24) is 5.32 Å². The van der Waals surface area contributed by atoms with Gasteiger partial charge in [-0.3, -0.25) is 0 Å². The van der Waals surface area contributed by atoms with Gasteiger partial charge in [0.1, 0.15) is 0 Å². The van der Waals surface area contributed by atoms with Crippen molar-refractivity contribution in [3.63, 3.8) is 0 Å². The van der Waals surface area contributed by atoms with Crippen molar-refractivity contribution in [2.24, 2.45) is 0 Å². The lowest BCUT2D eigenvalue weighted by Crippen LogP contribution is -2.21. The van der Waals surface area contributed by atoms with Crippen LogP contribution in [0.5, 0.6) is 0 Å². The predicted octanol–water partition coefficient (Wildman–Crippen LogP) is 5.03. The summed E-state index contributed by atoms with van der Waals surface area (Å²) in [6, 6.07) is 9.54. The summed E-state index contributed by atoms with van der Waals surface area (Å²) in [7, 11) is 0. The van der Waals surface area contributed by atoms with Crippen LogP contribution in [0.2, 0.25) is 0 Å². The number of hydrogen-bond donors (Lipinski definition) is 1. The van der Waals surface area contributed by atoms with Crippen molar-refractivity contribution < 1.29 is 0 Å². The maximum absolute atomic E-state index is 3.60. The molecule has 1 N–H and O–H groups in total. The Labute approximate surface area is 117 Å². The maximum Gasteiger partial charge on any atom is 0.0317 e. The lowest BCUT2D eigenvalue weighted by Gasteiger charge is -2.20. The van der Waals surface area contributed by atoms with E-state index in [9.17, 15) is 0 Å².